The van der Waals surface area contributed by atoms with Gasteiger partial charge in [-0.2, -0.15) is 12.6 Å². The highest BCUT2D eigenvalue weighted by molar-refractivity contribution is 7.80. The van der Waals surface area contributed by atoms with Crippen molar-refractivity contribution in [3.8, 4) is 0 Å². The summed E-state index contributed by atoms with van der Waals surface area (Å²) in [6.45, 7) is 2.20. The Morgan fingerprint density at radius 3 is 2.37 bits per heavy atom. The summed E-state index contributed by atoms with van der Waals surface area (Å²) in [6, 6.07) is 5.56. The SMILES string of the molecule is CC(NC(=O)C(CS)NC(=O)C1CCCN1)C(=O)NC(Cc1ccccc1)C(=O)O. The monoisotopic (exact) mass is 436 g/mol. The Labute approximate surface area is 180 Å². The molecule has 30 heavy (non-hydrogen) atoms. The second-order valence-electron chi connectivity index (χ2n) is 7.21. The summed E-state index contributed by atoms with van der Waals surface area (Å²) in [6.07, 6.45) is 1.70. The molecule has 3 amide bonds. The molecule has 1 aromatic rings. The van der Waals surface area contributed by atoms with Crippen LogP contribution in [-0.2, 0) is 25.6 Å². The number of benzene rings is 1. The van der Waals surface area contributed by atoms with Gasteiger partial charge >= 0.3 is 5.97 Å². The van der Waals surface area contributed by atoms with E-state index in [0.29, 0.717) is 6.42 Å². The number of nitrogens with one attached hydrogen (secondary N) is 4. The third-order valence-corrected chi connectivity index (χ3v) is 5.21. The average molecular weight is 437 g/mol. The number of hydrogen-bond donors (Lipinski definition) is 6. The molecule has 1 saturated heterocycles. The first-order chi connectivity index (χ1) is 14.3. The molecule has 2 rings (SSSR count). The van der Waals surface area contributed by atoms with E-state index in [1.165, 1.54) is 6.92 Å². The minimum absolute atomic E-state index is 0.0599. The Kier molecular flexibility index (Phi) is 9.13. The zero-order valence-corrected chi connectivity index (χ0v) is 17.7. The molecule has 1 fully saturated rings. The van der Waals surface area contributed by atoms with Gasteiger partial charge in [0.05, 0.1) is 6.04 Å². The van der Waals surface area contributed by atoms with E-state index in [-0.39, 0.29) is 24.1 Å². The maximum absolute atomic E-state index is 12.5. The first-order valence-corrected chi connectivity index (χ1v) is 10.5. The zero-order valence-electron chi connectivity index (χ0n) is 16.8. The molecule has 1 aliphatic rings. The van der Waals surface area contributed by atoms with E-state index in [1.54, 1.807) is 24.3 Å². The van der Waals surface area contributed by atoms with Gasteiger partial charge in [-0.3, -0.25) is 14.4 Å². The molecule has 0 bridgehead atoms. The summed E-state index contributed by atoms with van der Waals surface area (Å²) < 4.78 is 0. The summed E-state index contributed by atoms with van der Waals surface area (Å²) in [5.41, 5.74) is 0.764. The van der Waals surface area contributed by atoms with Gasteiger partial charge in [0.2, 0.25) is 17.7 Å². The van der Waals surface area contributed by atoms with Crippen LogP contribution in [0, 0.1) is 0 Å². The third-order valence-electron chi connectivity index (χ3n) is 4.84. The number of carboxylic acid groups (broad SMARTS) is 1. The molecule has 4 atom stereocenters. The molecule has 1 aliphatic heterocycles. The van der Waals surface area contributed by atoms with Crippen molar-refractivity contribution >= 4 is 36.3 Å². The van der Waals surface area contributed by atoms with Crippen LogP contribution < -0.4 is 21.3 Å². The van der Waals surface area contributed by atoms with Gasteiger partial charge in [0.25, 0.3) is 0 Å². The smallest absolute Gasteiger partial charge is 0.326 e. The van der Waals surface area contributed by atoms with Crippen LogP contribution in [0.3, 0.4) is 0 Å². The molecule has 0 aromatic heterocycles. The zero-order chi connectivity index (χ0) is 22.1. The standard InChI is InChI=1S/C20H28N4O5S/c1-12(17(25)23-15(20(28)29)10-13-6-3-2-4-7-13)22-19(27)16(11-30)24-18(26)14-8-5-9-21-14/h2-4,6-7,12,14-16,21,30H,5,8-11H2,1H3,(H,22,27)(H,23,25)(H,24,26)(H,28,29). The van der Waals surface area contributed by atoms with Gasteiger partial charge in [-0.15, -0.1) is 0 Å². The minimum Gasteiger partial charge on any atom is -0.480 e. The van der Waals surface area contributed by atoms with Gasteiger partial charge in [-0.05, 0) is 31.9 Å². The highest BCUT2D eigenvalue weighted by Crippen LogP contribution is 2.06. The summed E-state index contributed by atoms with van der Waals surface area (Å²) in [5.74, 6) is -2.59. The van der Waals surface area contributed by atoms with E-state index in [9.17, 15) is 24.3 Å². The second-order valence-corrected chi connectivity index (χ2v) is 7.58. The number of carbonyl (C=O) groups is 4. The fourth-order valence-electron chi connectivity index (χ4n) is 3.10. The predicted octanol–water partition coefficient (Wildman–Crippen LogP) is -0.530. The number of amides is 3. The normalized spacial score (nSPS) is 18.7. The van der Waals surface area contributed by atoms with E-state index in [1.807, 2.05) is 6.07 Å². The first kappa shape index (κ1) is 23.7. The van der Waals surface area contributed by atoms with Crippen molar-refractivity contribution in [3.63, 3.8) is 0 Å². The Balaban J connectivity index is 1.89. The molecule has 0 radical (unpaired) electrons. The van der Waals surface area contributed by atoms with E-state index in [2.05, 4.69) is 33.9 Å². The number of aliphatic carboxylic acids is 1. The molecule has 5 N–H and O–H groups in total. The Morgan fingerprint density at radius 1 is 1.10 bits per heavy atom. The van der Waals surface area contributed by atoms with Crippen molar-refractivity contribution in [2.24, 2.45) is 0 Å². The average Bonchev–Trinajstić information content (AvgIpc) is 3.26. The predicted molar refractivity (Wildman–Crippen MR) is 114 cm³/mol. The Bertz CT molecular complexity index is 755. The molecule has 164 valence electrons. The van der Waals surface area contributed by atoms with Crippen molar-refractivity contribution in [1.82, 2.24) is 21.3 Å². The molecule has 1 heterocycles. The molecule has 0 aliphatic carbocycles. The number of rotatable bonds is 10. The topological polar surface area (TPSA) is 137 Å². The van der Waals surface area contributed by atoms with E-state index >= 15 is 0 Å². The van der Waals surface area contributed by atoms with Crippen LogP contribution in [-0.4, -0.2) is 65.3 Å². The summed E-state index contributed by atoms with van der Waals surface area (Å²) >= 11 is 4.11. The van der Waals surface area contributed by atoms with Gasteiger partial charge in [-0.1, -0.05) is 30.3 Å². The lowest BCUT2D eigenvalue weighted by molar-refractivity contribution is -0.142. The van der Waals surface area contributed by atoms with Crippen LogP contribution in [0.25, 0.3) is 0 Å². The molecule has 10 heteroatoms. The van der Waals surface area contributed by atoms with Gasteiger partial charge in [0.1, 0.15) is 18.1 Å². The molecule has 9 nitrogen and oxygen atoms in total. The summed E-state index contributed by atoms with van der Waals surface area (Å²) in [5, 5.41) is 20.0. The number of hydrogen-bond acceptors (Lipinski definition) is 6. The molecular weight excluding hydrogens is 408 g/mol. The lowest BCUT2D eigenvalue weighted by Gasteiger charge is -2.22. The number of carbonyl (C=O) groups excluding carboxylic acids is 3. The van der Waals surface area contributed by atoms with Gasteiger partial charge in [0, 0.05) is 12.2 Å². The van der Waals surface area contributed by atoms with E-state index in [0.717, 1.165) is 18.5 Å². The van der Waals surface area contributed by atoms with Crippen LogP contribution in [0.2, 0.25) is 0 Å². The number of thiol groups is 1. The van der Waals surface area contributed by atoms with Crippen molar-refractivity contribution in [3.05, 3.63) is 35.9 Å². The largest absolute Gasteiger partial charge is 0.480 e. The highest BCUT2D eigenvalue weighted by Gasteiger charge is 2.29. The van der Waals surface area contributed by atoms with Gasteiger partial charge in [0.15, 0.2) is 0 Å². The fraction of sp³-hybridized carbons (Fsp3) is 0.500. The molecule has 0 saturated carbocycles. The molecule has 1 aromatic carbocycles. The minimum atomic E-state index is -1.17. The molecule has 4 unspecified atom stereocenters. The lowest BCUT2D eigenvalue weighted by atomic mass is 10.1. The third kappa shape index (κ3) is 7.03. The maximum atomic E-state index is 12.5. The highest BCUT2D eigenvalue weighted by atomic mass is 32.1. The summed E-state index contributed by atoms with van der Waals surface area (Å²) in [4.78, 5) is 48.6. The quantitative estimate of drug-likeness (QED) is 0.273. The maximum Gasteiger partial charge on any atom is 0.326 e. The van der Waals surface area contributed by atoms with Gasteiger partial charge < -0.3 is 26.4 Å². The van der Waals surface area contributed by atoms with Crippen LogP contribution in [0.5, 0.6) is 0 Å². The Morgan fingerprint density at radius 2 is 1.80 bits per heavy atom. The lowest BCUT2D eigenvalue weighted by Crippen LogP contribution is -2.57. The first-order valence-electron chi connectivity index (χ1n) is 9.84. The Hall–Kier alpha value is -2.59. The van der Waals surface area contributed by atoms with Crippen LogP contribution >= 0.6 is 12.6 Å². The second kappa shape index (κ2) is 11.6. The molecule has 0 spiro atoms. The van der Waals surface area contributed by atoms with E-state index < -0.39 is 35.9 Å². The van der Waals surface area contributed by atoms with Crippen molar-refractivity contribution in [2.75, 3.05) is 12.3 Å². The summed E-state index contributed by atoms with van der Waals surface area (Å²) in [7, 11) is 0. The van der Waals surface area contributed by atoms with Crippen molar-refractivity contribution in [2.45, 2.75) is 50.4 Å². The van der Waals surface area contributed by atoms with Gasteiger partial charge in [-0.25, -0.2) is 4.79 Å². The number of carboxylic acids is 1. The van der Waals surface area contributed by atoms with Crippen LogP contribution in [0.1, 0.15) is 25.3 Å². The molecular formula is C20H28N4O5S. The van der Waals surface area contributed by atoms with Crippen molar-refractivity contribution < 1.29 is 24.3 Å². The fourth-order valence-corrected chi connectivity index (χ4v) is 3.36. The van der Waals surface area contributed by atoms with Crippen molar-refractivity contribution in [1.29, 1.82) is 0 Å². The van der Waals surface area contributed by atoms with Crippen LogP contribution in [0.15, 0.2) is 30.3 Å². The van der Waals surface area contributed by atoms with E-state index in [4.69, 9.17) is 0 Å². The van der Waals surface area contributed by atoms with Crippen LogP contribution in [0.4, 0.5) is 0 Å².